The molecule has 1 aromatic rings. The molecule has 0 aliphatic rings. The third-order valence-corrected chi connectivity index (χ3v) is 2.64. The van der Waals surface area contributed by atoms with E-state index in [2.05, 4.69) is 0 Å². The Morgan fingerprint density at radius 3 is 2.43 bits per heavy atom. The van der Waals surface area contributed by atoms with Crippen molar-refractivity contribution in [2.24, 2.45) is 11.6 Å². The Bertz CT molecular complexity index is 546. The Kier molecular flexibility index (Phi) is 5.14. The lowest BCUT2D eigenvalue weighted by Gasteiger charge is -2.19. The molecule has 5 N–H and O–H groups in total. The molecule has 9 heteroatoms. The number of primary amides is 1. The molecule has 0 aliphatic carbocycles. The first kappa shape index (κ1) is 16.8. The van der Waals surface area contributed by atoms with Gasteiger partial charge < -0.3 is 10.5 Å². The number of carbonyl (C=O) groups excluding carboxylic acids is 2. The lowest BCUT2D eigenvalue weighted by molar-refractivity contribution is -0.141. The quantitative estimate of drug-likeness (QED) is 0.427. The van der Waals surface area contributed by atoms with Crippen LogP contribution in [0.1, 0.15) is 29.3 Å². The van der Waals surface area contributed by atoms with Crippen LogP contribution in [0.3, 0.4) is 0 Å². The van der Waals surface area contributed by atoms with Gasteiger partial charge in [-0.2, -0.15) is 13.2 Å². The monoisotopic (exact) mass is 305 g/mol. The van der Waals surface area contributed by atoms with Gasteiger partial charge in [-0.15, -0.1) is 0 Å². The Balaban J connectivity index is 3.23. The average molecular weight is 305 g/mol. The summed E-state index contributed by atoms with van der Waals surface area (Å²) in [4.78, 5) is 22.3. The van der Waals surface area contributed by atoms with E-state index in [9.17, 15) is 22.8 Å². The number of nitrogens with one attached hydrogen (secondary N) is 1. The number of hydrogen-bond acceptors (Lipinski definition) is 4. The number of hydrogen-bond donors (Lipinski definition) is 3. The number of nitrogens with two attached hydrogens (primary N) is 2. The van der Waals surface area contributed by atoms with Gasteiger partial charge in [0.05, 0.1) is 5.56 Å². The van der Waals surface area contributed by atoms with Gasteiger partial charge >= 0.3 is 6.18 Å². The summed E-state index contributed by atoms with van der Waals surface area (Å²) in [5, 5.41) is 0. The van der Waals surface area contributed by atoms with E-state index in [4.69, 9.17) is 16.3 Å². The topological polar surface area (TPSA) is 107 Å². The fourth-order valence-corrected chi connectivity index (χ4v) is 1.58. The molecular formula is C12H14F3N3O3. The molecule has 0 heterocycles. The molecule has 6 nitrogen and oxygen atoms in total. The number of amides is 2. The molecule has 1 atom stereocenters. The molecule has 1 aromatic carbocycles. The minimum Gasteiger partial charge on any atom is -0.480 e. The van der Waals surface area contributed by atoms with Crippen molar-refractivity contribution in [3.63, 3.8) is 0 Å². The molecule has 0 saturated heterocycles. The van der Waals surface area contributed by atoms with Crippen molar-refractivity contribution in [2.45, 2.75) is 25.6 Å². The first-order chi connectivity index (χ1) is 9.70. The van der Waals surface area contributed by atoms with E-state index in [0.717, 1.165) is 12.1 Å². The number of hydrazine groups is 1. The minimum absolute atomic E-state index is 0.109. The Morgan fingerprint density at radius 2 is 2.00 bits per heavy atom. The summed E-state index contributed by atoms with van der Waals surface area (Å²) in [6, 6.07) is 2.60. The largest absolute Gasteiger partial charge is 0.480 e. The van der Waals surface area contributed by atoms with Crippen molar-refractivity contribution in [1.29, 1.82) is 0 Å². The third-order valence-electron chi connectivity index (χ3n) is 2.64. The van der Waals surface area contributed by atoms with Gasteiger partial charge in [-0.05, 0) is 24.6 Å². The smallest absolute Gasteiger partial charge is 0.419 e. The molecule has 0 bridgehead atoms. The number of benzene rings is 1. The maximum Gasteiger partial charge on any atom is 0.419 e. The normalized spacial score (nSPS) is 12.6. The van der Waals surface area contributed by atoms with Crippen LogP contribution in [0.25, 0.3) is 0 Å². The predicted molar refractivity (Wildman–Crippen MR) is 67.0 cm³/mol. The lowest BCUT2D eigenvalue weighted by Crippen LogP contribution is -2.42. The molecule has 0 aromatic heterocycles. The Labute approximate surface area is 118 Å². The van der Waals surface area contributed by atoms with Crippen LogP contribution in [-0.4, -0.2) is 17.9 Å². The molecule has 0 saturated carbocycles. The highest BCUT2D eigenvalue weighted by molar-refractivity contribution is 5.93. The van der Waals surface area contributed by atoms with Gasteiger partial charge in [0, 0.05) is 5.56 Å². The summed E-state index contributed by atoms with van der Waals surface area (Å²) in [5.74, 6) is 2.59. The maximum absolute atomic E-state index is 13.0. The molecule has 0 aliphatic heterocycles. The molecule has 116 valence electrons. The fraction of sp³-hybridized carbons (Fsp3) is 0.333. The molecule has 0 radical (unpaired) electrons. The molecule has 21 heavy (non-hydrogen) atoms. The van der Waals surface area contributed by atoms with Gasteiger partial charge in [0.2, 0.25) is 5.91 Å². The van der Waals surface area contributed by atoms with Crippen molar-refractivity contribution >= 4 is 11.8 Å². The van der Waals surface area contributed by atoms with Crippen LogP contribution in [0.15, 0.2) is 18.2 Å². The Hall–Kier alpha value is -2.29. The van der Waals surface area contributed by atoms with E-state index in [0.29, 0.717) is 6.07 Å². The first-order valence-electron chi connectivity index (χ1n) is 5.88. The highest BCUT2D eigenvalue weighted by Crippen LogP contribution is 2.37. The summed E-state index contributed by atoms with van der Waals surface area (Å²) in [6.07, 6.45) is -5.84. The van der Waals surface area contributed by atoms with Crippen LogP contribution >= 0.6 is 0 Å². The van der Waals surface area contributed by atoms with Gasteiger partial charge in [0.25, 0.3) is 5.91 Å². The zero-order valence-electron chi connectivity index (χ0n) is 11.0. The zero-order valence-corrected chi connectivity index (χ0v) is 11.0. The summed E-state index contributed by atoms with van der Waals surface area (Å²) >= 11 is 0. The SMILES string of the molecule is CCC(Oc1ccc(C(N)=O)cc1C(F)(F)F)C(=O)NN. The summed E-state index contributed by atoms with van der Waals surface area (Å²) < 4.78 is 44.0. The zero-order chi connectivity index (χ0) is 16.2. The second-order valence-corrected chi connectivity index (χ2v) is 4.10. The van der Waals surface area contributed by atoms with E-state index in [1.54, 1.807) is 12.3 Å². The fourth-order valence-electron chi connectivity index (χ4n) is 1.58. The Morgan fingerprint density at radius 1 is 1.38 bits per heavy atom. The first-order valence-corrected chi connectivity index (χ1v) is 5.88. The van der Waals surface area contributed by atoms with Crippen LogP contribution in [0.5, 0.6) is 5.75 Å². The van der Waals surface area contributed by atoms with Gasteiger partial charge in [0.1, 0.15) is 5.75 Å². The maximum atomic E-state index is 13.0. The molecule has 0 spiro atoms. The van der Waals surface area contributed by atoms with Crippen LogP contribution in [0, 0.1) is 0 Å². The molecule has 1 unspecified atom stereocenters. The lowest BCUT2D eigenvalue weighted by atomic mass is 10.1. The van der Waals surface area contributed by atoms with Crippen molar-refractivity contribution in [3.05, 3.63) is 29.3 Å². The molecule has 0 fully saturated rings. The van der Waals surface area contributed by atoms with E-state index in [1.807, 2.05) is 0 Å². The summed E-state index contributed by atoms with van der Waals surface area (Å²) in [7, 11) is 0. The van der Waals surface area contributed by atoms with E-state index < -0.39 is 35.4 Å². The third kappa shape index (κ3) is 4.09. The van der Waals surface area contributed by atoms with Crippen LogP contribution in [-0.2, 0) is 11.0 Å². The standard InChI is InChI=1S/C12H14F3N3O3/c1-2-8(11(20)18-17)21-9-4-3-6(10(16)19)5-7(9)12(13,14)15/h3-5,8H,2,17H2,1H3,(H2,16,19)(H,18,20). The highest BCUT2D eigenvalue weighted by atomic mass is 19.4. The van der Waals surface area contributed by atoms with Gasteiger partial charge in [0.15, 0.2) is 6.10 Å². The average Bonchev–Trinajstić information content (AvgIpc) is 2.42. The van der Waals surface area contributed by atoms with Gasteiger partial charge in [-0.3, -0.25) is 15.0 Å². The number of alkyl halides is 3. The summed E-state index contributed by atoms with van der Waals surface area (Å²) in [5.41, 5.74) is 5.24. The molecular weight excluding hydrogens is 291 g/mol. The van der Waals surface area contributed by atoms with Crippen molar-refractivity contribution < 1.29 is 27.5 Å². The van der Waals surface area contributed by atoms with Gasteiger partial charge in [-0.25, -0.2) is 5.84 Å². The van der Waals surface area contributed by atoms with E-state index in [1.165, 1.54) is 0 Å². The molecule has 1 rings (SSSR count). The van der Waals surface area contributed by atoms with Crippen molar-refractivity contribution in [3.8, 4) is 5.75 Å². The number of rotatable bonds is 5. The predicted octanol–water partition coefficient (Wildman–Crippen LogP) is 0.952. The van der Waals surface area contributed by atoms with Crippen molar-refractivity contribution in [2.75, 3.05) is 0 Å². The minimum atomic E-state index is -4.77. The number of carbonyl (C=O) groups is 2. The highest BCUT2D eigenvalue weighted by Gasteiger charge is 2.36. The second-order valence-electron chi connectivity index (χ2n) is 4.10. The van der Waals surface area contributed by atoms with E-state index in [-0.39, 0.29) is 12.0 Å². The van der Waals surface area contributed by atoms with Crippen LogP contribution < -0.4 is 21.7 Å². The van der Waals surface area contributed by atoms with Crippen LogP contribution in [0.2, 0.25) is 0 Å². The number of halogens is 3. The molecule has 2 amide bonds. The van der Waals surface area contributed by atoms with E-state index >= 15 is 0 Å². The second kappa shape index (κ2) is 6.44. The van der Waals surface area contributed by atoms with Gasteiger partial charge in [-0.1, -0.05) is 6.92 Å². The summed E-state index contributed by atoms with van der Waals surface area (Å²) in [6.45, 7) is 1.55. The van der Waals surface area contributed by atoms with Crippen LogP contribution in [0.4, 0.5) is 13.2 Å². The van der Waals surface area contributed by atoms with Crippen molar-refractivity contribution in [1.82, 2.24) is 5.43 Å². The number of ether oxygens (including phenoxy) is 1.